The maximum absolute atomic E-state index is 5.27. The molecular weight excluding hydrogens is 236 g/mol. The van der Waals surface area contributed by atoms with Crippen molar-refractivity contribution in [3.8, 4) is 0 Å². The molecule has 17 heavy (non-hydrogen) atoms. The van der Waals surface area contributed by atoms with Crippen molar-refractivity contribution in [1.82, 2.24) is 15.2 Å². The van der Waals surface area contributed by atoms with Crippen LogP contribution >= 0.6 is 11.3 Å². The molecule has 0 aliphatic carbocycles. The van der Waals surface area contributed by atoms with Gasteiger partial charge in [-0.3, -0.25) is 4.98 Å². The number of rotatable bonds is 6. The summed E-state index contributed by atoms with van der Waals surface area (Å²) in [7, 11) is 0. The number of anilines is 2. The van der Waals surface area contributed by atoms with Gasteiger partial charge in [-0.05, 0) is 19.1 Å². The van der Waals surface area contributed by atoms with Crippen molar-refractivity contribution < 1.29 is 4.74 Å². The normalized spacial score (nSPS) is 10.4. The fourth-order valence-corrected chi connectivity index (χ4v) is 2.01. The highest BCUT2D eigenvalue weighted by Gasteiger charge is 2.04. The predicted octanol–water partition coefficient (Wildman–Crippen LogP) is 2.26. The minimum absolute atomic E-state index is 0.692. The average Bonchev–Trinajstić information content (AvgIpc) is 2.79. The Morgan fingerprint density at radius 3 is 3.12 bits per heavy atom. The lowest BCUT2D eigenvalue weighted by Gasteiger charge is -1.99. The highest BCUT2D eigenvalue weighted by Crippen LogP contribution is 2.20. The molecule has 0 amide bonds. The summed E-state index contributed by atoms with van der Waals surface area (Å²) in [5.41, 5.74) is 0.917. The molecule has 2 aromatic heterocycles. The second-order valence-corrected chi connectivity index (χ2v) is 4.38. The van der Waals surface area contributed by atoms with E-state index < -0.39 is 0 Å². The summed E-state index contributed by atoms with van der Waals surface area (Å²) in [4.78, 5) is 4.02. The first kappa shape index (κ1) is 11.9. The molecule has 2 aromatic rings. The number of ether oxygens (including phenoxy) is 1. The maximum atomic E-state index is 5.27. The molecule has 0 aliphatic rings. The van der Waals surface area contributed by atoms with E-state index in [1.807, 2.05) is 19.1 Å². The molecule has 0 saturated carbocycles. The second-order valence-electron chi connectivity index (χ2n) is 3.31. The van der Waals surface area contributed by atoms with E-state index in [0.29, 0.717) is 6.61 Å². The summed E-state index contributed by atoms with van der Waals surface area (Å²) in [5.74, 6) is 0. The highest BCUT2D eigenvalue weighted by atomic mass is 32.1. The molecule has 5 nitrogen and oxygen atoms in total. The molecule has 0 radical (unpaired) electrons. The molecule has 0 atom stereocenters. The zero-order valence-electron chi connectivity index (χ0n) is 9.59. The van der Waals surface area contributed by atoms with Crippen LogP contribution in [0.25, 0.3) is 0 Å². The first-order chi connectivity index (χ1) is 8.38. The van der Waals surface area contributed by atoms with E-state index in [0.717, 1.165) is 28.9 Å². The fraction of sp³-hybridized carbons (Fsp3) is 0.364. The van der Waals surface area contributed by atoms with Crippen LogP contribution in [0.3, 0.4) is 0 Å². The summed E-state index contributed by atoms with van der Waals surface area (Å²) < 4.78 is 5.27. The number of nitrogens with zero attached hydrogens (tertiary/aromatic N) is 3. The zero-order valence-corrected chi connectivity index (χ0v) is 10.4. The van der Waals surface area contributed by atoms with Gasteiger partial charge in [0.2, 0.25) is 5.13 Å². The molecule has 0 saturated heterocycles. The first-order valence-corrected chi connectivity index (χ1v) is 6.27. The SMILES string of the molecule is CCOCCc1nnc(Nc2cccnc2)s1. The Morgan fingerprint density at radius 1 is 1.41 bits per heavy atom. The van der Waals surface area contributed by atoms with Gasteiger partial charge in [0, 0.05) is 19.2 Å². The Labute approximate surface area is 104 Å². The Morgan fingerprint density at radius 2 is 2.35 bits per heavy atom. The number of nitrogens with one attached hydrogen (secondary N) is 1. The third-order valence-corrected chi connectivity index (χ3v) is 2.94. The van der Waals surface area contributed by atoms with Crippen molar-refractivity contribution in [2.24, 2.45) is 0 Å². The molecule has 0 spiro atoms. The van der Waals surface area contributed by atoms with Crippen LogP contribution in [-0.2, 0) is 11.2 Å². The van der Waals surface area contributed by atoms with Gasteiger partial charge in [-0.2, -0.15) is 0 Å². The van der Waals surface area contributed by atoms with E-state index >= 15 is 0 Å². The number of aromatic nitrogens is 3. The lowest BCUT2D eigenvalue weighted by molar-refractivity contribution is 0.150. The van der Waals surface area contributed by atoms with E-state index in [9.17, 15) is 0 Å². The van der Waals surface area contributed by atoms with Gasteiger partial charge in [0.1, 0.15) is 5.01 Å². The minimum atomic E-state index is 0.692. The van der Waals surface area contributed by atoms with Gasteiger partial charge in [0.25, 0.3) is 0 Å². The molecule has 0 aliphatic heterocycles. The molecule has 2 heterocycles. The quantitative estimate of drug-likeness (QED) is 0.797. The summed E-state index contributed by atoms with van der Waals surface area (Å²) in [6.45, 7) is 3.41. The van der Waals surface area contributed by atoms with Gasteiger partial charge >= 0.3 is 0 Å². The lowest BCUT2D eigenvalue weighted by atomic mass is 10.4. The van der Waals surface area contributed by atoms with Gasteiger partial charge in [-0.1, -0.05) is 11.3 Å². The first-order valence-electron chi connectivity index (χ1n) is 5.45. The maximum Gasteiger partial charge on any atom is 0.210 e. The van der Waals surface area contributed by atoms with E-state index in [1.54, 1.807) is 12.4 Å². The van der Waals surface area contributed by atoms with Crippen LogP contribution in [0.5, 0.6) is 0 Å². The Hall–Kier alpha value is -1.53. The van der Waals surface area contributed by atoms with Crippen LogP contribution in [-0.4, -0.2) is 28.4 Å². The lowest BCUT2D eigenvalue weighted by Crippen LogP contribution is -1.97. The van der Waals surface area contributed by atoms with Crippen LogP contribution in [0, 0.1) is 0 Å². The van der Waals surface area contributed by atoms with E-state index in [2.05, 4.69) is 20.5 Å². The summed E-state index contributed by atoms with van der Waals surface area (Å²) in [6, 6.07) is 3.81. The molecule has 1 N–H and O–H groups in total. The topological polar surface area (TPSA) is 59.9 Å². The van der Waals surface area contributed by atoms with Crippen LogP contribution in [0.15, 0.2) is 24.5 Å². The third kappa shape index (κ3) is 3.76. The molecule has 0 unspecified atom stereocenters. The van der Waals surface area contributed by atoms with Gasteiger partial charge in [0.15, 0.2) is 0 Å². The monoisotopic (exact) mass is 250 g/mol. The van der Waals surface area contributed by atoms with Crippen molar-refractivity contribution in [3.05, 3.63) is 29.5 Å². The third-order valence-electron chi connectivity index (χ3n) is 2.04. The van der Waals surface area contributed by atoms with Gasteiger partial charge < -0.3 is 10.1 Å². The summed E-state index contributed by atoms with van der Waals surface area (Å²) >= 11 is 1.54. The molecule has 0 aromatic carbocycles. The van der Waals surface area contributed by atoms with Crippen molar-refractivity contribution in [3.63, 3.8) is 0 Å². The standard InChI is InChI=1S/C11H14N4OS/c1-2-16-7-5-10-14-15-11(17-10)13-9-4-3-6-12-8-9/h3-4,6,8H,2,5,7H2,1H3,(H,13,15). The highest BCUT2D eigenvalue weighted by molar-refractivity contribution is 7.15. The average molecular weight is 250 g/mol. The van der Waals surface area contributed by atoms with E-state index in [-0.39, 0.29) is 0 Å². The Balaban J connectivity index is 1.90. The van der Waals surface area contributed by atoms with Crippen molar-refractivity contribution in [2.75, 3.05) is 18.5 Å². The predicted molar refractivity (Wildman–Crippen MR) is 67.6 cm³/mol. The van der Waals surface area contributed by atoms with Crippen LogP contribution in [0.4, 0.5) is 10.8 Å². The van der Waals surface area contributed by atoms with Crippen LogP contribution < -0.4 is 5.32 Å². The van der Waals surface area contributed by atoms with Crippen molar-refractivity contribution >= 4 is 22.2 Å². The largest absolute Gasteiger partial charge is 0.381 e. The molecule has 0 fully saturated rings. The summed E-state index contributed by atoms with van der Waals surface area (Å²) in [5, 5.41) is 13.1. The second kappa shape index (κ2) is 6.27. The summed E-state index contributed by atoms with van der Waals surface area (Å²) in [6.07, 6.45) is 4.29. The number of pyridine rings is 1. The Bertz CT molecular complexity index is 446. The fourth-order valence-electron chi connectivity index (χ4n) is 1.27. The molecule has 0 bridgehead atoms. The molecule has 6 heteroatoms. The van der Waals surface area contributed by atoms with E-state index in [1.165, 1.54) is 11.3 Å². The molecular formula is C11H14N4OS. The molecule has 90 valence electrons. The van der Waals surface area contributed by atoms with Crippen molar-refractivity contribution in [1.29, 1.82) is 0 Å². The minimum Gasteiger partial charge on any atom is -0.381 e. The van der Waals surface area contributed by atoms with Crippen molar-refractivity contribution in [2.45, 2.75) is 13.3 Å². The number of hydrogen-bond acceptors (Lipinski definition) is 6. The number of hydrogen-bond donors (Lipinski definition) is 1. The molecule has 2 rings (SSSR count). The zero-order chi connectivity index (χ0) is 11.9. The van der Waals surface area contributed by atoms with Crippen LogP contribution in [0.1, 0.15) is 11.9 Å². The van der Waals surface area contributed by atoms with Gasteiger partial charge in [0.05, 0.1) is 18.5 Å². The smallest absolute Gasteiger partial charge is 0.210 e. The van der Waals surface area contributed by atoms with E-state index in [4.69, 9.17) is 4.74 Å². The van der Waals surface area contributed by atoms with Gasteiger partial charge in [-0.15, -0.1) is 10.2 Å². The van der Waals surface area contributed by atoms with Gasteiger partial charge in [-0.25, -0.2) is 0 Å². The van der Waals surface area contributed by atoms with Crippen LogP contribution in [0.2, 0.25) is 0 Å². The Kier molecular flexibility index (Phi) is 4.40.